The zero-order valence-electron chi connectivity index (χ0n) is 9.84. The molecular weight excluding hydrogens is 214 g/mol. The summed E-state index contributed by atoms with van der Waals surface area (Å²) in [4.78, 5) is 0. The fourth-order valence-corrected chi connectivity index (χ4v) is 2.03. The molecule has 0 bridgehead atoms. The summed E-state index contributed by atoms with van der Waals surface area (Å²) < 4.78 is 11.4. The molecule has 1 saturated heterocycles. The maximum Gasteiger partial charge on any atom is 0.0729 e. The van der Waals surface area contributed by atoms with Gasteiger partial charge in [-0.15, -0.1) is 0 Å². The number of hydrogen-bond donors (Lipinski definition) is 0. The molecule has 0 radical (unpaired) electrons. The van der Waals surface area contributed by atoms with Gasteiger partial charge in [-0.05, 0) is 12.0 Å². The van der Waals surface area contributed by atoms with Gasteiger partial charge in [-0.3, -0.25) is 0 Å². The standard InChI is InChI=1S/C14H17NO2/c15-8-6-13-10-14(7-9-16-13)17-11-12-4-2-1-3-5-12/h1-5,13-14H,6-7,9-11H2/t13-,14-/m1/s1. The highest BCUT2D eigenvalue weighted by molar-refractivity contribution is 5.13. The molecule has 2 rings (SSSR count). The number of hydrogen-bond acceptors (Lipinski definition) is 3. The SMILES string of the molecule is N#CC[C@@H]1C[C@H](OCc2ccccc2)CCO1. The lowest BCUT2D eigenvalue weighted by Crippen LogP contribution is -2.30. The van der Waals surface area contributed by atoms with Gasteiger partial charge in [-0.1, -0.05) is 30.3 Å². The first-order chi connectivity index (χ1) is 8.38. The molecule has 0 aromatic heterocycles. The first-order valence-corrected chi connectivity index (χ1v) is 6.02. The van der Waals surface area contributed by atoms with Crippen LogP contribution in [0.15, 0.2) is 30.3 Å². The number of nitrogens with zero attached hydrogens (tertiary/aromatic N) is 1. The second-order valence-electron chi connectivity index (χ2n) is 4.30. The van der Waals surface area contributed by atoms with Gasteiger partial charge in [0.2, 0.25) is 0 Å². The Morgan fingerprint density at radius 2 is 2.18 bits per heavy atom. The number of rotatable bonds is 4. The van der Waals surface area contributed by atoms with Crippen LogP contribution in [0, 0.1) is 11.3 Å². The summed E-state index contributed by atoms with van der Waals surface area (Å²) in [5.74, 6) is 0. The van der Waals surface area contributed by atoms with Gasteiger partial charge in [0.25, 0.3) is 0 Å². The largest absolute Gasteiger partial charge is 0.377 e. The van der Waals surface area contributed by atoms with E-state index in [1.165, 1.54) is 5.56 Å². The normalized spacial score (nSPS) is 24.2. The van der Waals surface area contributed by atoms with Crippen LogP contribution in [0.2, 0.25) is 0 Å². The average molecular weight is 231 g/mol. The van der Waals surface area contributed by atoms with E-state index in [2.05, 4.69) is 18.2 Å². The quantitative estimate of drug-likeness (QED) is 0.800. The summed E-state index contributed by atoms with van der Waals surface area (Å²) >= 11 is 0. The minimum absolute atomic E-state index is 0.0505. The van der Waals surface area contributed by atoms with E-state index in [0.717, 1.165) is 12.8 Å². The fourth-order valence-electron chi connectivity index (χ4n) is 2.03. The lowest BCUT2D eigenvalue weighted by Gasteiger charge is -2.28. The summed E-state index contributed by atoms with van der Waals surface area (Å²) in [7, 11) is 0. The van der Waals surface area contributed by atoms with Crippen molar-refractivity contribution in [2.24, 2.45) is 0 Å². The van der Waals surface area contributed by atoms with Gasteiger partial charge in [-0.25, -0.2) is 0 Å². The molecule has 90 valence electrons. The van der Waals surface area contributed by atoms with Crippen molar-refractivity contribution in [2.75, 3.05) is 6.61 Å². The van der Waals surface area contributed by atoms with Crippen molar-refractivity contribution in [3.8, 4) is 6.07 Å². The van der Waals surface area contributed by atoms with E-state index in [1.807, 2.05) is 18.2 Å². The molecule has 0 aliphatic carbocycles. The maximum absolute atomic E-state index is 8.64. The number of nitriles is 1. The summed E-state index contributed by atoms with van der Waals surface area (Å²) in [5, 5.41) is 8.64. The van der Waals surface area contributed by atoms with Crippen LogP contribution in [0.1, 0.15) is 24.8 Å². The number of benzene rings is 1. The van der Waals surface area contributed by atoms with E-state index < -0.39 is 0 Å². The first-order valence-electron chi connectivity index (χ1n) is 6.02. The molecular formula is C14H17NO2. The molecule has 3 nitrogen and oxygen atoms in total. The van der Waals surface area contributed by atoms with Crippen LogP contribution >= 0.6 is 0 Å². The van der Waals surface area contributed by atoms with Crippen molar-refractivity contribution in [1.82, 2.24) is 0 Å². The molecule has 0 amide bonds. The van der Waals surface area contributed by atoms with Crippen molar-refractivity contribution in [3.05, 3.63) is 35.9 Å². The Kier molecular flexibility index (Phi) is 4.54. The van der Waals surface area contributed by atoms with Crippen LogP contribution < -0.4 is 0 Å². The van der Waals surface area contributed by atoms with E-state index >= 15 is 0 Å². The predicted molar refractivity (Wildman–Crippen MR) is 64.2 cm³/mol. The van der Waals surface area contributed by atoms with E-state index in [1.54, 1.807) is 0 Å². The van der Waals surface area contributed by atoms with Gasteiger partial charge in [0.15, 0.2) is 0 Å². The highest BCUT2D eigenvalue weighted by Crippen LogP contribution is 2.20. The Morgan fingerprint density at radius 1 is 1.35 bits per heavy atom. The van der Waals surface area contributed by atoms with Gasteiger partial charge in [0.05, 0.1) is 31.3 Å². The molecule has 1 heterocycles. The monoisotopic (exact) mass is 231 g/mol. The molecule has 2 atom stereocenters. The van der Waals surface area contributed by atoms with E-state index in [0.29, 0.717) is 19.6 Å². The van der Waals surface area contributed by atoms with Gasteiger partial charge in [-0.2, -0.15) is 5.26 Å². The Hall–Kier alpha value is -1.37. The Labute approximate surface area is 102 Å². The molecule has 0 spiro atoms. The topological polar surface area (TPSA) is 42.2 Å². The summed E-state index contributed by atoms with van der Waals surface area (Å²) in [5.41, 5.74) is 1.19. The van der Waals surface area contributed by atoms with Crippen molar-refractivity contribution in [1.29, 1.82) is 5.26 Å². The van der Waals surface area contributed by atoms with E-state index in [4.69, 9.17) is 14.7 Å². The second-order valence-corrected chi connectivity index (χ2v) is 4.30. The van der Waals surface area contributed by atoms with Crippen molar-refractivity contribution in [3.63, 3.8) is 0 Å². The van der Waals surface area contributed by atoms with Crippen LogP contribution in [-0.2, 0) is 16.1 Å². The zero-order valence-corrected chi connectivity index (χ0v) is 9.84. The summed E-state index contributed by atoms with van der Waals surface area (Å²) in [6.45, 7) is 1.34. The fraction of sp³-hybridized carbons (Fsp3) is 0.500. The molecule has 0 unspecified atom stereocenters. The van der Waals surface area contributed by atoms with Gasteiger partial charge < -0.3 is 9.47 Å². The smallest absolute Gasteiger partial charge is 0.0729 e. The molecule has 1 aliphatic rings. The summed E-state index contributed by atoms with van der Waals surface area (Å²) in [6.07, 6.45) is 2.50. The van der Waals surface area contributed by atoms with Crippen LogP contribution in [0.3, 0.4) is 0 Å². The Morgan fingerprint density at radius 3 is 2.94 bits per heavy atom. The molecule has 17 heavy (non-hydrogen) atoms. The van der Waals surface area contributed by atoms with Crippen LogP contribution in [-0.4, -0.2) is 18.8 Å². The summed E-state index contributed by atoms with van der Waals surface area (Å²) in [6, 6.07) is 12.3. The number of ether oxygens (including phenoxy) is 2. The van der Waals surface area contributed by atoms with E-state index in [-0.39, 0.29) is 12.2 Å². The van der Waals surface area contributed by atoms with Crippen molar-refractivity contribution >= 4 is 0 Å². The average Bonchev–Trinajstić information content (AvgIpc) is 2.39. The predicted octanol–water partition coefficient (Wildman–Crippen LogP) is 2.66. The maximum atomic E-state index is 8.64. The Bertz CT molecular complexity index is 372. The minimum atomic E-state index is 0.0505. The lowest BCUT2D eigenvalue weighted by molar-refractivity contribution is -0.0757. The second kappa shape index (κ2) is 6.39. The van der Waals surface area contributed by atoms with Gasteiger partial charge in [0.1, 0.15) is 0 Å². The molecule has 1 fully saturated rings. The minimum Gasteiger partial charge on any atom is -0.377 e. The molecule has 0 N–H and O–H groups in total. The first kappa shape index (κ1) is 12.1. The van der Waals surface area contributed by atoms with Crippen LogP contribution in [0.4, 0.5) is 0 Å². The highest BCUT2D eigenvalue weighted by atomic mass is 16.5. The van der Waals surface area contributed by atoms with Crippen LogP contribution in [0.25, 0.3) is 0 Å². The van der Waals surface area contributed by atoms with Crippen molar-refractivity contribution < 1.29 is 9.47 Å². The third-order valence-electron chi connectivity index (χ3n) is 2.97. The molecule has 1 aliphatic heterocycles. The van der Waals surface area contributed by atoms with Gasteiger partial charge >= 0.3 is 0 Å². The molecule has 3 heteroatoms. The third-order valence-corrected chi connectivity index (χ3v) is 2.97. The Balaban J connectivity index is 1.78. The molecule has 1 aromatic rings. The van der Waals surface area contributed by atoms with Crippen LogP contribution in [0.5, 0.6) is 0 Å². The van der Waals surface area contributed by atoms with E-state index in [9.17, 15) is 0 Å². The lowest BCUT2D eigenvalue weighted by atomic mass is 10.0. The molecule has 0 saturated carbocycles. The third kappa shape index (κ3) is 3.85. The van der Waals surface area contributed by atoms with Gasteiger partial charge in [0, 0.05) is 13.0 Å². The highest BCUT2D eigenvalue weighted by Gasteiger charge is 2.22. The zero-order chi connectivity index (χ0) is 11.9. The van der Waals surface area contributed by atoms with Crippen molar-refractivity contribution in [2.45, 2.75) is 38.1 Å². The molecule has 1 aromatic carbocycles.